The van der Waals surface area contributed by atoms with Crippen molar-refractivity contribution in [3.8, 4) is 11.5 Å². The van der Waals surface area contributed by atoms with E-state index < -0.39 is 0 Å². The van der Waals surface area contributed by atoms with Gasteiger partial charge in [0.05, 0.1) is 12.1 Å². The number of hydrogen-bond acceptors (Lipinski definition) is 3. The number of benzene rings is 1. The van der Waals surface area contributed by atoms with Crippen LogP contribution in [0.15, 0.2) is 12.1 Å². The molecule has 0 spiro atoms. The number of nitrogens with zero attached hydrogens (tertiary/aromatic N) is 1. The Bertz CT molecular complexity index is 490. The molecule has 0 aliphatic carbocycles. The van der Waals surface area contributed by atoms with Crippen LogP contribution in [0.25, 0.3) is 0 Å². The lowest BCUT2D eigenvalue weighted by atomic mass is 9.99. The molecule has 0 aromatic heterocycles. The van der Waals surface area contributed by atoms with E-state index in [1.54, 1.807) is 0 Å². The molecule has 5 heteroatoms. The number of piperidine rings is 1. The number of carbonyl (C=O) groups excluding carboxylic acids is 1. The number of halogens is 1. The molecule has 1 heterocycles. The van der Waals surface area contributed by atoms with Crippen molar-refractivity contribution in [3.05, 3.63) is 22.7 Å². The molecule has 0 bridgehead atoms. The van der Waals surface area contributed by atoms with Gasteiger partial charge in [0, 0.05) is 18.7 Å². The zero-order chi connectivity index (χ0) is 14.0. The maximum Gasteiger partial charge on any atom is 0.254 e. The fraction of sp³-hybridized carbons (Fsp3) is 0.500. The van der Waals surface area contributed by atoms with Crippen LogP contribution in [-0.4, -0.2) is 36.1 Å². The molecule has 19 heavy (non-hydrogen) atoms. The first kappa shape index (κ1) is 14.0. The molecular weight excluding hydrogens is 266 g/mol. The van der Waals surface area contributed by atoms with E-state index in [0.717, 1.165) is 25.9 Å². The number of aromatic hydroxyl groups is 1. The van der Waals surface area contributed by atoms with E-state index in [1.165, 1.54) is 19.2 Å². The maximum absolute atomic E-state index is 12.4. The largest absolute Gasteiger partial charge is 0.503 e. The highest BCUT2D eigenvalue weighted by Gasteiger charge is 2.23. The summed E-state index contributed by atoms with van der Waals surface area (Å²) < 4.78 is 5.02. The number of likely N-dealkylation sites (tertiary alicyclic amines) is 1. The van der Waals surface area contributed by atoms with Crippen molar-refractivity contribution in [3.63, 3.8) is 0 Å². The Hall–Kier alpha value is -1.42. The first-order valence-corrected chi connectivity index (χ1v) is 6.76. The SMILES string of the molecule is COc1cc(C(=O)N2CCC[C@@H](C)C2)cc(Cl)c1O. The van der Waals surface area contributed by atoms with Gasteiger partial charge in [-0.15, -0.1) is 0 Å². The molecule has 1 saturated heterocycles. The van der Waals surface area contributed by atoms with Crippen LogP contribution < -0.4 is 4.74 Å². The molecule has 1 amide bonds. The van der Waals surface area contributed by atoms with Gasteiger partial charge in [0.25, 0.3) is 5.91 Å². The summed E-state index contributed by atoms with van der Waals surface area (Å²) in [5.74, 6) is 0.549. The molecule has 0 unspecified atom stereocenters. The number of ether oxygens (including phenoxy) is 1. The van der Waals surface area contributed by atoms with E-state index in [0.29, 0.717) is 11.5 Å². The first-order chi connectivity index (χ1) is 9.02. The zero-order valence-electron chi connectivity index (χ0n) is 11.1. The molecular formula is C14H18ClNO3. The van der Waals surface area contributed by atoms with Crippen LogP contribution >= 0.6 is 11.6 Å². The summed E-state index contributed by atoms with van der Waals surface area (Å²) in [6.07, 6.45) is 2.18. The predicted octanol–water partition coefficient (Wildman–Crippen LogP) is 2.93. The van der Waals surface area contributed by atoms with Gasteiger partial charge in [-0.1, -0.05) is 18.5 Å². The van der Waals surface area contributed by atoms with E-state index in [9.17, 15) is 9.90 Å². The topological polar surface area (TPSA) is 49.8 Å². The van der Waals surface area contributed by atoms with Crippen molar-refractivity contribution >= 4 is 17.5 Å². The second kappa shape index (κ2) is 5.70. The third-order valence-electron chi connectivity index (χ3n) is 3.44. The number of hydrogen-bond donors (Lipinski definition) is 1. The van der Waals surface area contributed by atoms with Crippen molar-refractivity contribution in [2.24, 2.45) is 5.92 Å². The minimum absolute atomic E-state index is 0.0632. The summed E-state index contributed by atoms with van der Waals surface area (Å²) in [4.78, 5) is 14.2. The number of phenolic OH excluding ortho intramolecular Hbond substituents is 1. The molecule has 1 N–H and O–H groups in total. The zero-order valence-corrected chi connectivity index (χ0v) is 11.9. The molecule has 1 aliphatic heterocycles. The minimum atomic E-state index is -0.132. The highest BCUT2D eigenvalue weighted by Crippen LogP contribution is 2.35. The summed E-state index contributed by atoms with van der Waals surface area (Å²) in [7, 11) is 1.43. The lowest BCUT2D eigenvalue weighted by Crippen LogP contribution is -2.39. The normalized spacial score (nSPS) is 19.3. The monoisotopic (exact) mass is 283 g/mol. The Labute approximate surface area is 117 Å². The molecule has 104 valence electrons. The molecule has 1 aromatic carbocycles. The van der Waals surface area contributed by atoms with Crippen molar-refractivity contribution in [2.45, 2.75) is 19.8 Å². The first-order valence-electron chi connectivity index (χ1n) is 6.38. The standard InChI is InChI=1S/C14H18ClNO3/c1-9-4-3-5-16(8-9)14(18)10-6-11(15)13(17)12(7-10)19-2/h6-7,9,17H,3-5,8H2,1-2H3/t9-/m1/s1. The fourth-order valence-corrected chi connectivity index (χ4v) is 2.62. The molecule has 1 atom stereocenters. The Morgan fingerprint density at radius 2 is 2.26 bits per heavy atom. The van der Waals surface area contributed by atoms with Crippen LogP contribution in [0.2, 0.25) is 5.02 Å². The molecule has 0 radical (unpaired) electrons. The predicted molar refractivity (Wildman–Crippen MR) is 74.0 cm³/mol. The van der Waals surface area contributed by atoms with E-state index in [4.69, 9.17) is 16.3 Å². The molecule has 0 saturated carbocycles. The third kappa shape index (κ3) is 2.95. The van der Waals surface area contributed by atoms with Crippen LogP contribution in [0.4, 0.5) is 0 Å². The second-order valence-electron chi connectivity index (χ2n) is 5.01. The highest BCUT2D eigenvalue weighted by atomic mass is 35.5. The highest BCUT2D eigenvalue weighted by molar-refractivity contribution is 6.32. The summed E-state index contributed by atoms with van der Waals surface area (Å²) in [5, 5.41) is 9.81. The molecule has 4 nitrogen and oxygen atoms in total. The average Bonchev–Trinajstić information content (AvgIpc) is 2.41. The molecule has 1 aromatic rings. The van der Waals surface area contributed by atoms with Crippen LogP contribution in [0.5, 0.6) is 11.5 Å². The van der Waals surface area contributed by atoms with Gasteiger partial charge in [-0.25, -0.2) is 0 Å². The molecule has 1 fully saturated rings. The number of carbonyl (C=O) groups is 1. The van der Waals surface area contributed by atoms with Crippen molar-refractivity contribution in [1.82, 2.24) is 4.90 Å². The van der Waals surface area contributed by atoms with E-state index >= 15 is 0 Å². The van der Waals surface area contributed by atoms with E-state index in [-0.39, 0.29) is 22.4 Å². The Balaban J connectivity index is 2.26. The average molecular weight is 284 g/mol. The van der Waals surface area contributed by atoms with E-state index in [1.807, 2.05) is 4.90 Å². The Kier molecular flexibility index (Phi) is 4.20. The van der Waals surface area contributed by atoms with Gasteiger partial charge in [-0.05, 0) is 30.9 Å². The van der Waals surface area contributed by atoms with Gasteiger partial charge in [-0.2, -0.15) is 0 Å². The van der Waals surface area contributed by atoms with Crippen LogP contribution in [0.3, 0.4) is 0 Å². The maximum atomic E-state index is 12.4. The van der Waals surface area contributed by atoms with Crippen molar-refractivity contribution in [1.29, 1.82) is 0 Å². The fourth-order valence-electron chi connectivity index (χ4n) is 2.41. The molecule has 1 aliphatic rings. The summed E-state index contributed by atoms with van der Waals surface area (Å²) in [5.41, 5.74) is 0.453. The van der Waals surface area contributed by atoms with Crippen LogP contribution in [0, 0.1) is 5.92 Å². The van der Waals surface area contributed by atoms with Gasteiger partial charge in [-0.3, -0.25) is 4.79 Å². The van der Waals surface area contributed by atoms with Crippen LogP contribution in [-0.2, 0) is 0 Å². The van der Waals surface area contributed by atoms with Gasteiger partial charge in [0.2, 0.25) is 0 Å². The van der Waals surface area contributed by atoms with Gasteiger partial charge < -0.3 is 14.7 Å². The van der Waals surface area contributed by atoms with Crippen molar-refractivity contribution in [2.75, 3.05) is 20.2 Å². The summed E-state index contributed by atoms with van der Waals surface area (Å²) in [6, 6.07) is 3.02. The Morgan fingerprint density at radius 3 is 2.89 bits per heavy atom. The van der Waals surface area contributed by atoms with Gasteiger partial charge in [0.15, 0.2) is 11.5 Å². The smallest absolute Gasteiger partial charge is 0.254 e. The van der Waals surface area contributed by atoms with Gasteiger partial charge >= 0.3 is 0 Å². The van der Waals surface area contributed by atoms with Crippen molar-refractivity contribution < 1.29 is 14.6 Å². The number of phenols is 1. The summed E-state index contributed by atoms with van der Waals surface area (Å²) in [6.45, 7) is 3.67. The second-order valence-corrected chi connectivity index (χ2v) is 5.41. The number of amides is 1. The number of methoxy groups -OCH3 is 1. The number of rotatable bonds is 2. The quantitative estimate of drug-likeness (QED) is 0.908. The van der Waals surface area contributed by atoms with E-state index in [2.05, 4.69) is 6.92 Å². The van der Waals surface area contributed by atoms with Gasteiger partial charge in [0.1, 0.15) is 0 Å². The molecule has 2 rings (SSSR count). The minimum Gasteiger partial charge on any atom is -0.503 e. The summed E-state index contributed by atoms with van der Waals surface area (Å²) >= 11 is 5.91. The lowest BCUT2D eigenvalue weighted by molar-refractivity contribution is 0.0682. The lowest BCUT2D eigenvalue weighted by Gasteiger charge is -2.31. The Morgan fingerprint density at radius 1 is 1.53 bits per heavy atom. The third-order valence-corrected chi connectivity index (χ3v) is 3.73. The van der Waals surface area contributed by atoms with Crippen LogP contribution in [0.1, 0.15) is 30.1 Å².